The molecule has 1 aliphatic rings. The molecule has 9 nitrogen and oxygen atoms in total. The van der Waals surface area contributed by atoms with Crippen molar-refractivity contribution >= 4 is 28.4 Å². The van der Waals surface area contributed by atoms with Gasteiger partial charge in [-0.15, -0.1) is 5.10 Å². The number of aromatic amines is 1. The lowest BCUT2D eigenvalue weighted by Crippen LogP contribution is -2.27. The Kier molecular flexibility index (Phi) is 5.69. The predicted molar refractivity (Wildman–Crippen MR) is 132 cm³/mol. The molecule has 5 rings (SSSR count). The van der Waals surface area contributed by atoms with E-state index in [0.717, 1.165) is 22.2 Å². The number of hydrogen-bond donors (Lipinski definition) is 3. The molecule has 3 N–H and O–H groups in total. The first-order valence-corrected chi connectivity index (χ1v) is 11.5. The number of nitrogens with one attached hydrogen (secondary N) is 3. The Hall–Kier alpha value is -3.88. The van der Waals surface area contributed by atoms with E-state index >= 15 is 0 Å². The fourth-order valence-corrected chi connectivity index (χ4v) is 4.11. The van der Waals surface area contributed by atoms with Crippen LogP contribution in [0.25, 0.3) is 22.3 Å². The summed E-state index contributed by atoms with van der Waals surface area (Å²) in [5.41, 5.74) is 4.59. The highest BCUT2D eigenvalue weighted by Gasteiger charge is 2.29. The molecular weight excluding hydrogens is 430 g/mol. The van der Waals surface area contributed by atoms with Crippen LogP contribution in [-0.2, 0) is 7.05 Å². The summed E-state index contributed by atoms with van der Waals surface area (Å²) < 4.78 is 7.23. The molecule has 1 aliphatic carbocycles. The molecule has 0 aliphatic heterocycles. The molecule has 1 saturated carbocycles. The predicted octanol–water partition coefficient (Wildman–Crippen LogP) is 4.37. The van der Waals surface area contributed by atoms with E-state index in [-0.39, 0.29) is 5.91 Å². The fraction of sp³-hybridized carbons (Fsp3) is 0.360. The first-order valence-electron chi connectivity index (χ1n) is 11.5. The average Bonchev–Trinajstić information content (AvgIpc) is 3.44. The van der Waals surface area contributed by atoms with Crippen molar-refractivity contribution in [2.75, 3.05) is 19.0 Å². The van der Waals surface area contributed by atoms with Gasteiger partial charge in [0.15, 0.2) is 5.82 Å². The number of rotatable bonds is 8. The number of aryl methyl sites for hydroxylation is 1. The third-order valence-electron chi connectivity index (χ3n) is 6.04. The van der Waals surface area contributed by atoms with Gasteiger partial charge in [0.05, 0.1) is 24.4 Å². The van der Waals surface area contributed by atoms with Crippen molar-refractivity contribution in [3.8, 4) is 17.1 Å². The number of anilines is 2. The number of ether oxygens (including phenoxy) is 1. The van der Waals surface area contributed by atoms with Gasteiger partial charge in [-0.2, -0.15) is 10.1 Å². The van der Waals surface area contributed by atoms with Crippen LogP contribution < -0.4 is 15.4 Å². The van der Waals surface area contributed by atoms with E-state index in [1.807, 2.05) is 25.4 Å². The average molecular weight is 460 g/mol. The van der Waals surface area contributed by atoms with E-state index in [4.69, 9.17) is 9.72 Å². The molecule has 0 atom stereocenters. The molecule has 2 aromatic heterocycles. The minimum absolute atomic E-state index is 0.157. The highest BCUT2D eigenvalue weighted by Crippen LogP contribution is 2.47. The Bertz CT molecular complexity index is 1350. The van der Waals surface area contributed by atoms with Gasteiger partial charge in [0.25, 0.3) is 5.91 Å². The lowest BCUT2D eigenvalue weighted by molar-refractivity contribution is 0.0946. The van der Waals surface area contributed by atoms with E-state index in [0.29, 0.717) is 41.5 Å². The summed E-state index contributed by atoms with van der Waals surface area (Å²) in [7, 11) is 3.42. The van der Waals surface area contributed by atoms with E-state index in [2.05, 4.69) is 45.8 Å². The standard InChI is InChI=1S/C25H29N7O2/c1-14(2)12-26-24(33)17-8-7-16(11-21(17)34-4)23-29-25(32(3)31-23)28-20-10-9-19-18(13-27-30-19)22(20)15-5-6-15/h7-11,13-15H,5-6,12H2,1-4H3,(H,26,33)(H,27,30)(H,28,29,31). The zero-order valence-electron chi connectivity index (χ0n) is 19.8. The van der Waals surface area contributed by atoms with Gasteiger partial charge in [0.2, 0.25) is 5.95 Å². The first kappa shape index (κ1) is 21.9. The van der Waals surface area contributed by atoms with Crippen molar-refractivity contribution in [2.45, 2.75) is 32.6 Å². The van der Waals surface area contributed by atoms with Gasteiger partial charge in [-0.05, 0) is 54.5 Å². The largest absolute Gasteiger partial charge is 0.496 e. The van der Waals surface area contributed by atoms with Gasteiger partial charge in [0.1, 0.15) is 5.75 Å². The molecule has 1 amide bonds. The Morgan fingerprint density at radius 1 is 1.26 bits per heavy atom. The second-order valence-corrected chi connectivity index (χ2v) is 9.16. The van der Waals surface area contributed by atoms with Gasteiger partial charge in [-0.3, -0.25) is 9.89 Å². The molecule has 2 aromatic carbocycles. The number of benzene rings is 2. The fourth-order valence-electron chi connectivity index (χ4n) is 4.11. The van der Waals surface area contributed by atoms with Crippen LogP contribution in [0, 0.1) is 5.92 Å². The Labute approximate surface area is 197 Å². The summed E-state index contributed by atoms with van der Waals surface area (Å²) in [6.45, 7) is 4.72. The van der Waals surface area contributed by atoms with Gasteiger partial charge in [0, 0.05) is 30.2 Å². The second kappa shape index (κ2) is 8.81. The van der Waals surface area contributed by atoms with Crippen LogP contribution in [0.4, 0.5) is 11.6 Å². The number of amides is 1. The van der Waals surface area contributed by atoms with E-state index in [9.17, 15) is 4.79 Å². The number of methoxy groups -OCH3 is 1. The van der Waals surface area contributed by atoms with Gasteiger partial charge < -0.3 is 15.4 Å². The van der Waals surface area contributed by atoms with Crippen LogP contribution in [-0.4, -0.2) is 44.5 Å². The van der Waals surface area contributed by atoms with Crippen molar-refractivity contribution in [3.63, 3.8) is 0 Å². The van der Waals surface area contributed by atoms with Gasteiger partial charge in [-0.1, -0.05) is 19.9 Å². The number of carbonyl (C=O) groups is 1. The minimum atomic E-state index is -0.157. The normalized spacial score (nSPS) is 13.4. The molecule has 4 aromatic rings. The summed E-state index contributed by atoms with van der Waals surface area (Å²) in [5.74, 6) is 2.42. The van der Waals surface area contributed by atoms with Gasteiger partial charge in [-0.25, -0.2) is 4.68 Å². The lowest BCUT2D eigenvalue weighted by atomic mass is 10.0. The van der Waals surface area contributed by atoms with Crippen molar-refractivity contribution in [1.29, 1.82) is 0 Å². The van der Waals surface area contributed by atoms with Crippen molar-refractivity contribution < 1.29 is 9.53 Å². The number of fused-ring (bicyclic) bond motifs is 1. The molecule has 0 bridgehead atoms. The summed E-state index contributed by atoms with van der Waals surface area (Å²) in [4.78, 5) is 17.3. The maximum absolute atomic E-state index is 12.6. The third kappa shape index (κ3) is 4.21. The monoisotopic (exact) mass is 459 g/mol. The molecule has 2 heterocycles. The van der Waals surface area contributed by atoms with Crippen molar-refractivity contribution in [3.05, 3.63) is 47.7 Å². The minimum Gasteiger partial charge on any atom is -0.496 e. The van der Waals surface area contributed by atoms with E-state index in [1.165, 1.54) is 18.4 Å². The number of hydrogen-bond acceptors (Lipinski definition) is 6. The SMILES string of the molecule is COc1cc(-c2nc(Nc3ccc4[nH]ncc4c3C3CC3)n(C)n2)ccc1C(=O)NCC(C)C. The molecule has 1 fully saturated rings. The summed E-state index contributed by atoms with van der Waals surface area (Å²) in [6, 6.07) is 9.50. The van der Waals surface area contributed by atoms with Crippen molar-refractivity contribution in [1.82, 2.24) is 30.3 Å². The Morgan fingerprint density at radius 3 is 2.82 bits per heavy atom. The van der Waals surface area contributed by atoms with Crippen LogP contribution in [0.3, 0.4) is 0 Å². The Morgan fingerprint density at radius 2 is 2.09 bits per heavy atom. The number of carbonyl (C=O) groups excluding carboxylic acids is 1. The molecule has 9 heteroatoms. The third-order valence-corrected chi connectivity index (χ3v) is 6.04. The highest BCUT2D eigenvalue weighted by atomic mass is 16.5. The summed E-state index contributed by atoms with van der Waals surface area (Å²) in [6.07, 6.45) is 4.25. The lowest BCUT2D eigenvalue weighted by Gasteiger charge is -2.12. The van der Waals surface area contributed by atoms with Crippen LogP contribution in [0.5, 0.6) is 5.75 Å². The van der Waals surface area contributed by atoms with Crippen LogP contribution in [0.1, 0.15) is 48.5 Å². The smallest absolute Gasteiger partial charge is 0.255 e. The molecule has 176 valence electrons. The van der Waals surface area contributed by atoms with Crippen molar-refractivity contribution in [2.24, 2.45) is 13.0 Å². The zero-order chi connectivity index (χ0) is 23.8. The summed E-state index contributed by atoms with van der Waals surface area (Å²) in [5, 5.41) is 19.4. The molecule has 0 unspecified atom stereocenters. The first-order chi connectivity index (χ1) is 16.4. The van der Waals surface area contributed by atoms with Gasteiger partial charge >= 0.3 is 0 Å². The van der Waals surface area contributed by atoms with Crippen LogP contribution >= 0.6 is 0 Å². The maximum atomic E-state index is 12.6. The Balaban J connectivity index is 1.43. The molecule has 0 spiro atoms. The zero-order valence-corrected chi connectivity index (χ0v) is 19.8. The van der Waals surface area contributed by atoms with E-state index in [1.54, 1.807) is 23.9 Å². The topological polar surface area (TPSA) is 110 Å². The molecule has 34 heavy (non-hydrogen) atoms. The van der Waals surface area contributed by atoms with Crippen LogP contribution in [0.2, 0.25) is 0 Å². The molecular formula is C25H29N7O2. The summed E-state index contributed by atoms with van der Waals surface area (Å²) >= 11 is 0. The second-order valence-electron chi connectivity index (χ2n) is 9.16. The molecule has 0 saturated heterocycles. The number of aromatic nitrogens is 5. The highest BCUT2D eigenvalue weighted by molar-refractivity contribution is 5.97. The maximum Gasteiger partial charge on any atom is 0.255 e. The number of H-pyrrole nitrogens is 1. The van der Waals surface area contributed by atoms with E-state index < -0.39 is 0 Å². The van der Waals surface area contributed by atoms with Crippen LogP contribution in [0.15, 0.2) is 36.5 Å². The number of nitrogens with zero attached hydrogens (tertiary/aromatic N) is 4. The molecule has 0 radical (unpaired) electrons. The quantitative estimate of drug-likeness (QED) is 0.361.